The molecule has 0 unspecified atom stereocenters. The van der Waals surface area contributed by atoms with E-state index in [0.717, 1.165) is 11.1 Å². The molecule has 0 heterocycles. The van der Waals surface area contributed by atoms with Gasteiger partial charge in [0.25, 0.3) is 0 Å². The number of aromatic hydroxyl groups is 1. The van der Waals surface area contributed by atoms with Crippen LogP contribution in [-0.4, -0.2) is 5.11 Å². The van der Waals surface area contributed by atoms with E-state index in [4.69, 9.17) is 23.2 Å². The van der Waals surface area contributed by atoms with Gasteiger partial charge in [-0.25, -0.2) is 0 Å². The van der Waals surface area contributed by atoms with Gasteiger partial charge in [-0.15, -0.1) is 0 Å². The molecule has 18 heavy (non-hydrogen) atoms. The Hall–Kier alpha value is -1.44. The third-order valence-corrected chi connectivity index (χ3v) is 3.29. The molecule has 0 spiro atoms. The Morgan fingerprint density at radius 2 is 1.72 bits per heavy atom. The lowest BCUT2D eigenvalue weighted by atomic mass is 10.0. The molecule has 2 rings (SSSR count). The van der Waals surface area contributed by atoms with Crippen LogP contribution in [-0.2, 0) is 0 Å². The largest absolute Gasteiger partial charge is 0.507 e. The Bertz CT molecular complexity index is 603. The van der Waals surface area contributed by atoms with Crippen LogP contribution >= 0.6 is 23.2 Å². The minimum absolute atomic E-state index is 0.147. The van der Waals surface area contributed by atoms with Gasteiger partial charge in [0.1, 0.15) is 5.75 Å². The highest BCUT2D eigenvalue weighted by atomic mass is 35.5. The Balaban J connectivity index is 2.71. The number of benzene rings is 2. The minimum atomic E-state index is 0.147. The van der Waals surface area contributed by atoms with Crippen molar-refractivity contribution in [1.82, 2.24) is 0 Å². The van der Waals surface area contributed by atoms with Gasteiger partial charge in [0.15, 0.2) is 0 Å². The van der Waals surface area contributed by atoms with Crippen molar-refractivity contribution < 1.29 is 5.11 Å². The average molecular weight is 279 g/mol. The van der Waals surface area contributed by atoms with E-state index in [1.165, 1.54) is 0 Å². The van der Waals surface area contributed by atoms with E-state index in [1.54, 1.807) is 18.2 Å². The summed E-state index contributed by atoms with van der Waals surface area (Å²) in [5, 5.41) is 11.3. The van der Waals surface area contributed by atoms with E-state index >= 15 is 0 Å². The van der Waals surface area contributed by atoms with Crippen LogP contribution < -0.4 is 0 Å². The standard InChI is InChI=1S/C15H12Cl2O/c1-2-5-10-8-9-13(17)14(15(10)18)11-6-3-4-7-12(11)16/h2-9,18H,1H3/b5-2-. The molecule has 1 nitrogen and oxygen atoms in total. The quantitative estimate of drug-likeness (QED) is 0.780. The molecule has 0 aliphatic heterocycles. The molecule has 0 fully saturated rings. The topological polar surface area (TPSA) is 20.2 Å². The Labute approximate surface area is 116 Å². The van der Waals surface area contributed by atoms with Gasteiger partial charge >= 0.3 is 0 Å². The first kappa shape index (κ1) is 13.0. The van der Waals surface area contributed by atoms with Gasteiger partial charge in [-0.3, -0.25) is 0 Å². The average Bonchev–Trinajstić information content (AvgIpc) is 2.35. The molecule has 1 N–H and O–H groups in total. The summed E-state index contributed by atoms with van der Waals surface area (Å²) in [5.41, 5.74) is 2.02. The van der Waals surface area contributed by atoms with Crippen molar-refractivity contribution in [2.75, 3.05) is 0 Å². The Morgan fingerprint density at radius 1 is 1.00 bits per heavy atom. The van der Waals surface area contributed by atoms with Crippen LogP contribution in [0.2, 0.25) is 10.0 Å². The molecule has 3 heteroatoms. The zero-order valence-electron chi connectivity index (χ0n) is 9.82. The summed E-state index contributed by atoms with van der Waals surface area (Å²) in [6, 6.07) is 10.8. The number of allylic oxidation sites excluding steroid dienone is 1. The van der Waals surface area contributed by atoms with Gasteiger partial charge in [0, 0.05) is 21.7 Å². The second-order valence-corrected chi connectivity index (χ2v) is 4.65. The monoisotopic (exact) mass is 278 g/mol. The van der Waals surface area contributed by atoms with Crippen LogP contribution in [0.3, 0.4) is 0 Å². The molecule has 0 amide bonds. The number of phenolic OH excluding ortho intramolecular Hbond substituents is 1. The summed E-state index contributed by atoms with van der Waals surface area (Å²) in [5.74, 6) is 0.147. The van der Waals surface area contributed by atoms with Crippen LogP contribution in [0, 0.1) is 0 Å². The van der Waals surface area contributed by atoms with Gasteiger partial charge in [0.05, 0.1) is 5.02 Å². The SMILES string of the molecule is C/C=C\c1ccc(Cl)c(-c2ccccc2Cl)c1O. The van der Waals surface area contributed by atoms with Gasteiger partial charge in [-0.2, -0.15) is 0 Å². The molecule has 0 saturated carbocycles. The molecule has 0 aliphatic rings. The van der Waals surface area contributed by atoms with E-state index < -0.39 is 0 Å². The molecule has 0 radical (unpaired) electrons. The van der Waals surface area contributed by atoms with E-state index in [1.807, 2.05) is 37.3 Å². The van der Waals surface area contributed by atoms with Crippen molar-refractivity contribution in [3.05, 3.63) is 58.1 Å². The number of rotatable bonds is 2. The van der Waals surface area contributed by atoms with Crippen molar-refractivity contribution in [1.29, 1.82) is 0 Å². The molecular formula is C15H12Cl2O. The van der Waals surface area contributed by atoms with Crippen LogP contribution in [0.4, 0.5) is 0 Å². The molecule has 0 atom stereocenters. The van der Waals surface area contributed by atoms with Crippen LogP contribution in [0.25, 0.3) is 17.2 Å². The highest BCUT2D eigenvalue weighted by molar-refractivity contribution is 6.37. The lowest BCUT2D eigenvalue weighted by Crippen LogP contribution is -1.85. The second-order valence-electron chi connectivity index (χ2n) is 3.84. The molecule has 2 aromatic rings. The molecular weight excluding hydrogens is 267 g/mol. The predicted molar refractivity (Wildman–Crippen MR) is 78.3 cm³/mol. The van der Waals surface area contributed by atoms with Crippen molar-refractivity contribution in [2.24, 2.45) is 0 Å². The Kier molecular flexibility index (Phi) is 3.95. The van der Waals surface area contributed by atoms with Crippen molar-refractivity contribution in [3.8, 4) is 16.9 Å². The number of halogens is 2. The first-order valence-corrected chi connectivity index (χ1v) is 6.29. The van der Waals surface area contributed by atoms with Gasteiger partial charge in [0.2, 0.25) is 0 Å². The Morgan fingerprint density at radius 3 is 2.39 bits per heavy atom. The summed E-state index contributed by atoms with van der Waals surface area (Å²) in [4.78, 5) is 0. The first-order chi connectivity index (χ1) is 8.65. The van der Waals surface area contributed by atoms with E-state index in [9.17, 15) is 5.11 Å². The normalized spacial score (nSPS) is 11.1. The zero-order chi connectivity index (χ0) is 13.1. The fraction of sp³-hybridized carbons (Fsp3) is 0.0667. The molecule has 0 bridgehead atoms. The molecule has 0 aliphatic carbocycles. The van der Waals surface area contributed by atoms with Gasteiger partial charge in [-0.05, 0) is 25.1 Å². The van der Waals surface area contributed by atoms with E-state index in [0.29, 0.717) is 15.6 Å². The predicted octanol–water partition coefficient (Wildman–Crippen LogP) is 5.40. The van der Waals surface area contributed by atoms with Crippen LogP contribution in [0.5, 0.6) is 5.75 Å². The summed E-state index contributed by atoms with van der Waals surface area (Å²) in [6.07, 6.45) is 3.69. The maximum Gasteiger partial charge on any atom is 0.132 e. The second kappa shape index (κ2) is 5.47. The summed E-state index contributed by atoms with van der Waals surface area (Å²) >= 11 is 12.3. The van der Waals surface area contributed by atoms with Crippen molar-refractivity contribution in [3.63, 3.8) is 0 Å². The minimum Gasteiger partial charge on any atom is -0.507 e. The molecule has 2 aromatic carbocycles. The van der Waals surface area contributed by atoms with Gasteiger partial charge < -0.3 is 5.11 Å². The maximum absolute atomic E-state index is 10.3. The molecule has 0 saturated heterocycles. The number of phenols is 1. The smallest absolute Gasteiger partial charge is 0.132 e. The van der Waals surface area contributed by atoms with Crippen LogP contribution in [0.1, 0.15) is 12.5 Å². The molecule has 92 valence electrons. The lowest BCUT2D eigenvalue weighted by Gasteiger charge is -2.11. The van der Waals surface area contributed by atoms with Crippen molar-refractivity contribution >= 4 is 29.3 Å². The third kappa shape index (κ3) is 2.38. The maximum atomic E-state index is 10.3. The highest BCUT2D eigenvalue weighted by Crippen LogP contribution is 2.41. The van der Waals surface area contributed by atoms with E-state index in [-0.39, 0.29) is 5.75 Å². The summed E-state index contributed by atoms with van der Waals surface area (Å²) in [7, 11) is 0. The van der Waals surface area contributed by atoms with Crippen LogP contribution in [0.15, 0.2) is 42.5 Å². The fourth-order valence-corrected chi connectivity index (χ4v) is 2.30. The fourth-order valence-electron chi connectivity index (χ4n) is 1.82. The highest BCUT2D eigenvalue weighted by Gasteiger charge is 2.14. The number of hydrogen-bond acceptors (Lipinski definition) is 1. The van der Waals surface area contributed by atoms with Gasteiger partial charge in [-0.1, -0.05) is 53.6 Å². The molecule has 0 aromatic heterocycles. The van der Waals surface area contributed by atoms with Crippen molar-refractivity contribution in [2.45, 2.75) is 6.92 Å². The van der Waals surface area contributed by atoms with E-state index in [2.05, 4.69) is 0 Å². The first-order valence-electron chi connectivity index (χ1n) is 5.54. The summed E-state index contributed by atoms with van der Waals surface area (Å²) in [6.45, 7) is 1.89. The number of hydrogen-bond donors (Lipinski definition) is 1. The third-order valence-electron chi connectivity index (χ3n) is 2.65. The lowest BCUT2D eigenvalue weighted by molar-refractivity contribution is 0.476. The zero-order valence-corrected chi connectivity index (χ0v) is 11.3. The summed E-state index contributed by atoms with van der Waals surface area (Å²) < 4.78 is 0.